The number of aliphatic carboxylic acids is 4. The molecule has 18 heteroatoms. The maximum Gasteiger partial charge on any atom is 0.339 e. The zero-order valence-electron chi connectivity index (χ0n) is 17.6. The molecular formula is C14H28N2O16. The Morgan fingerprint density at radius 1 is 0.562 bits per heavy atom. The lowest BCUT2D eigenvalue weighted by Crippen LogP contribution is -2.71. The number of carboxylic acids is 4. The highest BCUT2D eigenvalue weighted by molar-refractivity contribution is 5.63. The van der Waals surface area contributed by atoms with E-state index in [1.807, 2.05) is 0 Å². The monoisotopic (exact) mass is 480 g/mol. The molecule has 0 aliphatic carbocycles. The molecule has 0 unspecified atom stereocenters. The van der Waals surface area contributed by atoms with Crippen LogP contribution in [0.4, 0.5) is 0 Å². The minimum Gasteiger partial charge on any atom is -0.481 e. The van der Waals surface area contributed by atoms with E-state index in [0.29, 0.717) is 0 Å². The van der Waals surface area contributed by atoms with Gasteiger partial charge in [-0.3, -0.25) is 39.4 Å². The first-order valence-electron chi connectivity index (χ1n) is 7.82. The number of aliphatic hydroxyl groups excluding tert-OH is 4. The van der Waals surface area contributed by atoms with Gasteiger partial charge in [-0.25, -0.2) is 0 Å². The predicted octanol–water partition coefficient (Wildman–Crippen LogP) is -2.65. The van der Waals surface area contributed by atoms with Gasteiger partial charge in [0.05, 0.1) is 0 Å². The average molecular weight is 480 g/mol. The Balaban J connectivity index is -0.000000123. The summed E-state index contributed by atoms with van der Waals surface area (Å²) < 4.78 is 0. The van der Waals surface area contributed by atoms with Crippen LogP contribution >= 0.6 is 0 Å². The summed E-state index contributed by atoms with van der Waals surface area (Å²) in [5, 5.41) is 86.6. The van der Waals surface area contributed by atoms with Gasteiger partial charge < -0.3 is 40.9 Å². The van der Waals surface area contributed by atoms with Gasteiger partial charge in [-0.05, 0) is 0 Å². The molecule has 0 heterocycles. The van der Waals surface area contributed by atoms with Gasteiger partial charge in [0.25, 0.3) is 23.9 Å². The van der Waals surface area contributed by atoms with E-state index in [2.05, 4.69) is 0 Å². The predicted molar refractivity (Wildman–Crippen MR) is 101 cm³/mol. The summed E-state index contributed by atoms with van der Waals surface area (Å²) in [5.41, 5.74) is -5.69. The van der Waals surface area contributed by atoms with E-state index in [9.17, 15) is 20.2 Å². The van der Waals surface area contributed by atoms with E-state index in [1.165, 1.54) is 0 Å². The normalized spacial score (nSPS) is 9.38. The number of aliphatic hydroxyl groups is 4. The number of carbonyl (C=O) groups is 4. The SMILES string of the molecule is CC(=O)O.CC(=O)O.CC(=O)O.CC(=O)O.O=[N+]([O-])C(CO)(CO)C(CO)(CO)[N+](=O)[O-]. The molecule has 0 spiro atoms. The van der Waals surface area contributed by atoms with Gasteiger partial charge in [-0.1, -0.05) is 0 Å². The van der Waals surface area contributed by atoms with E-state index in [-0.39, 0.29) is 0 Å². The lowest BCUT2D eigenvalue weighted by molar-refractivity contribution is -0.693. The van der Waals surface area contributed by atoms with Crippen molar-refractivity contribution in [1.29, 1.82) is 0 Å². The highest BCUT2D eigenvalue weighted by Crippen LogP contribution is 2.28. The highest BCUT2D eigenvalue weighted by atomic mass is 16.7. The summed E-state index contributed by atoms with van der Waals surface area (Å²) in [6, 6.07) is 0. The topological polar surface area (TPSA) is 316 Å². The van der Waals surface area contributed by atoms with Crippen LogP contribution < -0.4 is 0 Å². The molecule has 8 N–H and O–H groups in total. The Bertz CT molecular complexity index is 506. The summed E-state index contributed by atoms with van der Waals surface area (Å²) in [7, 11) is 0. The van der Waals surface area contributed by atoms with E-state index in [1.54, 1.807) is 0 Å². The summed E-state index contributed by atoms with van der Waals surface area (Å²) >= 11 is 0. The molecule has 0 aliphatic heterocycles. The van der Waals surface area contributed by atoms with Crippen LogP contribution in [-0.4, -0.2) is 112 Å². The van der Waals surface area contributed by atoms with Crippen molar-refractivity contribution in [2.45, 2.75) is 38.8 Å². The van der Waals surface area contributed by atoms with Crippen molar-refractivity contribution in [1.82, 2.24) is 0 Å². The number of nitro groups is 2. The number of rotatable bonds is 7. The van der Waals surface area contributed by atoms with Gasteiger partial charge in [0.15, 0.2) is 0 Å². The fraction of sp³-hybridized carbons (Fsp3) is 0.714. The third-order valence-electron chi connectivity index (χ3n) is 2.61. The zero-order chi connectivity index (χ0) is 27.3. The van der Waals surface area contributed by atoms with Crippen molar-refractivity contribution in [3.8, 4) is 0 Å². The Kier molecular flexibility index (Phi) is 25.4. The van der Waals surface area contributed by atoms with Crippen LogP contribution in [0.25, 0.3) is 0 Å². The Hall–Kier alpha value is -3.48. The maximum absolute atomic E-state index is 10.7. The minimum atomic E-state index is -2.85. The van der Waals surface area contributed by atoms with Crippen LogP contribution in [0, 0.1) is 20.2 Å². The summed E-state index contributed by atoms with van der Waals surface area (Å²) in [6.45, 7) is -1.23. The number of nitrogens with zero attached hydrogens (tertiary/aromatic N) is 2. The van der Waals surface area contributed by atoms with E-state index in [4.69, 9.17) is 60.0 Å². The molecule has 0 bridgehead atoms. The van der Waals surface area contributed by atoms with Gasteiger partial charge in [-0.2, -0.15) is 0 Å². The molecule has 0 saturated carbocycles. The van der Waals surface area contributed by atoms with Crippen molar-refractivity contribution >= 4 is 23.9 Å². The van der Waals surface area contributed by atoms with Crippen molar-refractivity contribution in [2.75, 3.05) is 26.4 Å². The Morgan fingerprint density at radius 2 is 0.656 bits per heavy atom. The molecule has 0 rings (SSSR count). The summed E-state index contributed by atoms with van der Waals surface area (Å²) in [5.74, 6) is -3.33. The fourth-order valence-corrected chi connectivity index (χ4v) is 1.26. The number of hydrogen-bond acceptors (Lipinski definition) is 12. The highest BCUT2D eigenvalue weighted by Gasteiger charge is 2.70. The second kappa shape index (κ2) is 20.8. The van der Waals surface area contributed by atoms with Gasteiger partial charge in [0, 0.05) is 37.5 Å². The molecule has 0 aliphatic rings. The molecule has 0 aromatic heterocycles. The summed E-state index contributed by atoms with van der Waals surface area (Å²) in [4.78, 5) is 54.9. The van der Waals surface area contributed by atoms with Gasteiger partial charge in [-0.15, -0.1) is 0 Å². The summed E-state index contributed by atoms with van der Waals surface area (Å²) in [6.07, 6.45) is 0. The number of carboxylic acid groups (broad SMARTS) is 4. The molecule has 0 amide bonds. The molecule has 0 fully saturated rings. The van der Waals surface area contributed by atoms with Crippen molar-refractivity contribution in [2.24, 2.45) is 0 Å². The Labute approximate surface area is 180 Å². The second-order valence-electron chi connectivity index (χ2n) is 5.29. The van der Waals surface area contributed by atoms with Gasteiger partial charge in [0.1, 0.15) is 26.4 Å². The molecule has 0 atom stereocenters. The molecule has 0 saturated heterocycles. The van der Waals surface area contributed by atoms with E-state index < -0.39 is 71.2 Å². The lowest BCUT2D eigenvalue weighted by atomic mass is 9.79. The van der Waals surface area contributed by atoms with Crippen molar-refractivity contribution < 1.29 is 69.9 Å². The van der Waals surface area contributed by atoms with E-state index in [0.717, 1.165) is 27.7 Å². The van der Waals surface area contributed by atoms with Gasteiger partial charge in [0.2, 0.25) is 0 Å². The molecule has 32 heavy (non-hydrogen) atoms. The Morgan fingerprint density at radius 3 is 0.688 bits per heavy atom. The molecule has 0 aromatic rings. The first kappa shape index (κ1) is 39.0. The van der Waals surface area contributed by atoms with Crippen LogP contribution in [0.2, 0.25) is 0 Å². The molecule has 18 nitrogen and oxygen atoms in total. The first-order chi connectivity index (χ1) is 14.3. The van der Waals surface area contributed by atoms with Crippen LogP contribution in [-0.2, 0) is 19.2 Å². The molecule has 190 valence electrons. The largest absolute Gasteiger partial charge is 0.481 e. The third-order valence-corrected chi connectivity index (χ3v) is 2.61. The lowest BCUT2D eigenvalue weighted by Gasteiger charge is -2.32. The number of hydrogen-bond donors (Lipinski definition) is 8. The fourth-order valence-electron chi connectivity index (χ4n) is 1.26. The van der Waals surface area contributed by atoms with Crippen LogP contribution in [0.3, 0.4) is 0 Å². The average Bonchev–Trinajstić information content (AvgIpc) is 2.57. The maximum atomic E-state index is 10.7. The van der Waals surface area contributed by atoms with E-state index >= 15 is 0 Å². The van der Waals surface area contributed by atoms with Crippen LogP contribution in [0.15, 0.2) is 0 Å². The molecule has 0 radical (unpaired) electrons. The minimum absolute atomic E-state index is 0.833. The third kappa shape index (κ3) is 19.8. The second-order valence-corrected chi connectivity index (χ2v) is 5.29. The smallest absolute Gasteiger partial charge is 0.339 e. The van der Waals surface area contributed by atoms with Gasteiger partial charge >= 0.3 is 11.1 Å². The van der Waals surface area contributed by atoms with Crippen LogP contribution in [0.1, 0.15) is 27.7 Å². The molecular weight excluding hydrogens is 452 g/mol. The first-order valence-corrected chi connectivity index (χ1v) is 7.82. The molecule has 0 aromatic carbocycles. The van der Waals surface area contributed by atoms with Crippen LogP contribution in [0.5, 0.6) is 0 Å². The quantitative estimate of drug-likeness (QED) is 0.136. The zero-order valence-corrected chi connectivity index (χ0v) is 17.6. The standard InChI is InChI=1S/C6H12N2O8.4C2H4O2/c9-1-5(2-10,7(13)14)6(3-11,4-12)8(15)16;4*1-2(3)4/h9-12H,1-4H2;4*1H3,(H,3,4). The van der Waals surface area contributed by atoms with Crippen molar-refractivity contribution in [3.63, 3.8) is 0 Å². The van der Waals surface area contributed by atoms with Crippen molar-refractivity contribution in [3.05, 3.63) is 20.2 Å².